The Morgan fingerprint density at radius 2 is 1.82 bits per heavy atom. The summed E-state index contributed by atoms with van der Waals surface area (Å²) < 4.78 is 2.02. The molecular weight excluding hydrogens is 350 g/mol. The number of benzene rings is 2. The molecule has 2 aromatic carbocycles. The van der Waals surface area contributed by atoms with Crippen molar-refractivity contribution in [2.24, 2.45) is 0 Å². The fourth-order valence-electron chi connectivity index (χ4n) is 1.34. The van der Waals surface area contributed by atoms with Gasteiger partial charge in [-0.05, 0) is 0 Å². The molecular formula is C13H9ClIO2-. The van der Waals surface area contributed by atoms with Gasteiger partial charge in [0.1, 0.15) is 0 Å². The molecule has 0 aliphatic rings. The summed E-state index contributed by atoms with van der Waals surface area (Å²) in [7, 11) is 0. The normalized spacial score (nSPS) is 10.4. The van der Waals surface area contributed by atoms with Crippen LogP contribution in [0.2, 0.25) is 5.02 Å². The van der Waals surface area contributed by atoms with Gasteiger partial charge in [0.05, 0.1) is 0 Å². The molecule has 88 valence electrons. The predicted molar refractivity (Wildman–Crippen MR) is 62.2 cm³/mol. The molecule has 0 spiro atoms. The number of carboxylic acid groups (broad SMARTS) is 1. The second kappa shape index (κ2) is 5.51. The van der Waals surface area contributed by atoms with E-state index >= 15 is 0 Å². The SMILES string of the molecule is O=C(O)c1ccc(Cl)cc1[I-]c1ccccc1. The minimum absolute atomic E-state index is 0.353. The van der Waals surface area contributed by atoms with E-state index in [0.29, 0.717) is 10.6 Å². The number of halogens is 2. The first kappa shape index (κ1) is 12.4. The standard InChI is InChI=1S/C13H9ClIO2/c14-9-6-7-11(13(16)17)12(8-9)15-10-4-2-1-3-5-10/h1-8H,(H,16,17)/q-1. The average Bonchev–Trinajstić information content (AvgIpc) is 2.30. The zero-order valence-corrected chi connectivity index (χ0v) is 11.6. The van der Waals surface area contributed by atoms with Gasteiger partial charge >= 0.3 is 115 Å². The topological polar surface area (TPSA) is 37.3 Å². The molecule has 4 heteroatoms. The molecule has 2 rings (SSSR count). The van der Waals surface area contributed by atoms with Gasteiger partial charge in [0.2, 0.25) is 0 Å². The van der Waals surface area contributed by atoms with E-state index in [4.69, 9.17) is 16.7 Å². The van der Waals surface area contributed by atoms with Crippen molar-refractivity contribution in [2.45, 2.75) is 0 Å². The molecule has 0 fully saturated rings. The van der Waals surface area contributed by atoms with Gasteiger partial charge in [0.15, 0.2) is 0 Å². The molecule has 0 aromatic heterocycles. The fourth-order valence-corrected chi connectivity index (χ4v) is 4.33. The van der Waals surface area contributed by atoms with E-state index in [9.17, 15) is 4.79 Å². The monoisotopic (exact) mass is 359 g/mol. The molecule has 2 aromatic rings. The third kappa shape index (κ3) is 3.20. The Kier molecular flexibility index (Phi) is 4.02. The van der Waals surface area contributed by atoms with Crippen LogP contribution in [0.1, 0.15) is 10.4 Å². The van der Waals surface area contributed by atoms with Gasteiger partial charge in [-0.3, -0.25) is 0 Å². The van der Waals surface area contributed by atoms with Crippen molar-refractivity contribution < 1.29 is 31.1 Å². The Bertz CT molecular complexity index is 540. The van der Waals surface area contributed by atoms with Gasteiger partial charge in [0.25, 0.3) is 0 Å². The van der Waals surface area contributed by atoms with Crippen molar-refractivity contribution in [1.29, 1.82) is 0 Å². The summed E-state index contributed by atoms with van der Waals surface area (Å²) in [4.78, 5) is 11.1. The number of hydrogen-bond donors (Lipinski definition) is 1. The van der Waals surface area contributed by atoms with E-state index in [1.54, 1.807) is 18.2 Å². The van der Waals surface area contributed by atoms with E-state index in [2.05, 4.69) is 0 Å². The second-order valence-corrected chi connectivity index (χ2v) is 6.70. The van der Waals surface area contributed by atoms with Crippen molar-refractivity contribution in [2.75, 3.05) is 0 Å². The van der Waals surface area contributed by atoms with Crippen LogP contribution in [0.25, 0.3) is 0 Å². The molecule has 1 N–H and O–H groups in total. The molecule has 2 nitrogen and oxygen atoms in total. The summed E-state index contributed by atoms with van der Waals surface area (Å²) in [6.07, 6.45) is 0. The Hall–Kier alpha value is -1.07. The first-order valence-corrected chi connectivity index (χ1v) is 7.43. The van der Waals surface area contributed by atoms with Crippen LogP contribution >= 0.6 is 11.6 Å². The van der Waals surface area contributed by atoms with Gasteiger partial charge < -0.3 is 0 Å². The van der Waals surface area contributed by atoms with E-state index in [1.165, 1.54) is 3.57 Å². The minimum atomic E-state index is -0.896. The third-order valence-corrected chi connectivity index (χ3v) is 5.16. The average molecular weight is 360 g/mol. The van der Waals surface area contributed by atoms with Crippen molar-refractivity contribution in [3.63, 3.8) is 0 Å². The summed E-state index contributed by atoms with van der Waals surface area (Å²) in [6.45, 7) is 0. The molecule has 0 unspecified atom stereocenters. The summed E-state index contributed by atoms with van der Waals surface area (Å²) in [5.74, 6) is -0.896. The van der Waals surface area contributed by atoms with Crippen LogP contribution in [0, 0.1) is 7.14 Å². The van der Waals surface area contributed by atoms with E-state index in [-0.39, 0.29) is 0 Å². The number of carbonyl (C=O) groups is 1. The van der Waals surface area contributed by atoms with Crippen molar-refractivity contribution in [3.05, 3.63) is 66.3 Å². The van der Waals surface area contributed by atoms with E-state index in [1.807, 2.05) is 30.3 Å². The Morgan fingerprint density at radius 1 is 1.12 bits per heavy atom. The zero-order valence-electron chi connectivity index (χ0n) is 8.73. The molecule has 0 bridgehead atoms. The second-order valence-electron chi connectivity index (χ2n) is 3.32. The third-order valence-electron chi connectivity index (χ3n) is 2.11. The first-order valence-electron chi connectivity index (χ1n) is 4.89. The maximum absolute atomic E-state index is 11.1. The van der Waals surface area contributed by atoms with Crippen LogP contribution < -0.4 is 21.2 Å². The van der Waals surface area contributed by atoms with Crippen molar-refractivity contribution >= 4 is 17.6 Å². The van der Waals surface area contributed by atoms with Gasteiger partial charge in [-0.1, -0.05) is 0 Å². The number of carboxylic acids is 1. The van der Waals surface area contributed by atoms with Gasteiger partial charge in [-0.25, -0.2) is 0 Å². The molecule has 0 atom stereocenters. The Balaban J connectivity index is 2.37. The molecule has 0 aliphatic heterocycles. The molecule has 0 aliphatic carbocycles. The number of aromatic carboxylic acids is 1. The van der Waals surface area contributed by atoms with Gasteiger partial charge in [0, 0.05) is 0 Å². The summed E-state index contributed by atoms with van der Waals surface area (Å²) in [5, 5.41) is 9.69. The van der Waals surface area contributed by atoms with Crippen LogP contribution in [0.5, 0.6) is 0 Å². The quantitative estimate of drug-likeness (QED) is 0.793. The zero-order chi connectivity index (χ0) is 12.3. The molecule has 0 amide bonds. The van der Waals surface area contributed by atoms with Crippen LogP contribution in [0.4, 0.5) is 0 Å². The van der Waals surface area contributed by atoms with Gasteiger partial charge in [-0.2, -0.15) is 0 Å². The molecule has 17 heavy (non-hydrogen) atoms. The molecule has 0 saturated heterocycles. The van der Waals surface area contributed by atoms with Crippen molar-refractivity contribution in [3.8, 4) is 0 Å². The summed E-state index contributed by atoms with van der Waals surface area (Å²) in [5.41, 5.74) is 0.353. The van der Waals surface area contributed by atoms with Gasteiger partial charge in [-0.15, -0.1) is 0 Å². The van der Waals surface area contributed by atoms with Crippen LogP contribution in [0.15, 0.2) is 48.5 Å². The van der Waals surface area contributed by atoms with E-state index in [0.717, 1.165) is 3.57 Å². The fraction of sp³-hybridized carbons (Fsp3) is 0. The predicted octanol–water partition coefficient (Wildman–Crippen LogP) is 0.167. The number of hydrogen-bond acceptors (Lipinski definition) is 1. The maximum atomic E-state index is 11.1. The summed E-state index contributed by atoms with van der Waals surface area (Å²) >= 11 is 5.40. The van der Waals surface area contributed by atoms with Crippen molar-refractivity contribution in [1.82, 2.24) is 0 Å². The first-order chi connectivity index (χ1) is 8.16. The molecule has 0 heterocycles. The molecule has 0 saturated carbocycles. The Morgan fingerprint density at radius 3 is 2.47 bits per heavy atom. The molecule has 0 radical (unpaired) electrons. The summed E-state index contributed by atoms with van der Waals surface area (Å²) in [6, 6.07) is 14.8. The van der Waals surface area contributed by atoms with Crippen LogP contribution in [-0.2, 0) is 0 Å². The van der Waals surface area contributed by atoms with E-state index < -0.39 is 27.2 Å². The number of rotatable bonds is 3. The van der Waals surface area contributed by atoms with Crippen LogP contribution in [0.3, 0.4) is 0 Å². The van der Waals surface area contributed by atoms with Crippen LogP contribution in [-0.4, -0.2) is 11.1 Å². The Labute approximate surface area is 114 Å².